The number of benzene rings is 2. The molecule has 4 fully saturated rings. The Morgan fingerprint density at radius 2 is 1.59 bits per heavy atom. The molecule has 1 heterocycles. The average molecular weight is 513 g/mol. The Hall–Kier alpha value is -3.49. The van der Waals surface area contributed by atoms with Crippen LogP contribution in [0.15, 0.2) is 54.7 Å². The first kappa shape index (κ1) is 23.9. The van der Waals surface area contributed by atoms with Crippen molar-refractivity contribution >= 4 is 22.6 Å². The average Bonchev–Trinajstić information content (AvgIpc) is 3.66. The van der Waals surface area contributed by atoms with E-state index in [9.17, 15) is 23.1 Å². The number of nitrogens with zero attached hydrogens (tertiary/aromatic N) is 1. The maximum atomic E-state index is 12.7. The molecule has 0 unspecified atom stereocenters. The van der Waals surface area contributed by atoms with Crippen LogP contribution in [0.2, 0.25) is 0 Å². The monoisotopic (exact) mass is 512 g/mol. The summed E-state index contributed by atoms with van der Waals surface area (Å²) in [4.78, 5) is 16.6. The molecule has 0 saturated heterocycles. The summed E-state index contributed by atoms with van der Waals surface area (Å²) in [5.74, 6) is 0.338. The number of alkyl halides is 3. The number of carboxylic acids is 1. The Bertz CT molecular complexity index is 1340. The van der Waals surface area contributed by atoms with Crippen LogP contribution < -0.4 is 14.8 Å². The fourth-order valence-corrected chi connectivity index (χ4v) is 6.60. The smallest absolute Gasteiger partial charge is 0.481 e. The van der Waals surface area contributed by atoms with Crippen molar-refractivity contribution < 1.29 is 32.5 Å². The highest BCUT2D eigenvalue weighted by Gasteiger charge is 2.65. The number of hydrogen-bond acceptors (Lipinski definition) is 5. The Labute approximate surface area is 211 Å². The van der Waals surface area contributed by atoms with Gasteiger partial charge in [0.15, 0.2) is 0 Å². The van der Waals surface area contributed by atoms with Gasteiger partial charge in [0.1, 0.15) is 23.1 Å². The predicted molar refractivity (Wildman–Crippen MR) is 131 cm³/mol. The van der Waals surface area contributed by atoms with Gasteiger partial charge in [-0.05, 0) is 86.4 Å². The van der Waals surface area contributed by atoms with Crippen LogP contribution in [-0.2, 0) is 4.79 Å². The fraction of sp³-hybridized carbons (Fsp3) is 0.429. The normalized spacial score (nSPS) is 26.0. The van der Waals surface area contributed by atoms with E-state index < -0.39 is 17.7 Å². The number of carboxylic acid groups (broad SMARTS) is 1. The highest BCUT2D eigenvalue weighted by Crippen LogP contribution is 2.67. The lowest BCUT2D eigenvalue weighted by molar-refractivity contribution is -0.274. The van der Waals surface area contributed by atoms with E-state index in [1.54, 1.807) is 18.3 Å². The van der Waals surface area contributed by atoms with Crippen molar-refractivity contribution in [3.05, 3.63) is 54.7 Å². The van der Waals surface area contributed by atoms with Gasteiger partial charge >= 0.3 is 12.3 Å². The summed E-state index contributed by atoms with van der Waals surface area (Å²) < 4.78 is 48.2. The molecular formula is C28H27F3N2O4. The Kier molecular flexibility index (Phi) is 5.33. The van der Waals surface area contributed by atoms with Gasteiger partial charge in [-0.3, -0.25) is 4.79 Å². The van der Waals surface area contributed by atoms with Crippen molar-refractivity contribution in [2.24, 2.45) is 10.8 Å². The molecule has 194 valence electrons. The predicted octanol–water partition coefficient (Wildman–Crippen LogP) is 7.30. The number of anilines is 1. The van der Waals surface area contributed by atoms with E-state index in [0.29, 0.717) is 30.8 Å². The van der Waals surface area contributed by atoms with E-state index in [-0.39, 0.29) is 22.5 Å². The number of rotatable bonds is 7. The number of nitrogens with one attached hydrogen (secondary N) is 1. The molecular weight excluding hydrogens is 485 g/mol. The molecule has 0 amide bonds. The van der Waals surface area contributed by atoms with Crippen LogP contribution in [0.3, 0.4) is 0 Å². The molecule has 6 nitrogen and oxygen atoms in total. The second-order valence-electron chi connectivity index (χ2n) is 10.7. The Balaban J connectivity index is 1.30. The summed E-state index contributed by atoms with van der Waals surface area (Å²) >= 11 is 0. The highest BCUT2D eigenvalue weighted by atomic mass is 19.4. The molecule has 37 heavy (non-hydrogen) atoms. The lowest BCUT2D eigenvalue weighted by atomic mass is 9.50. The maximum Gasteiger partial charge on any atom is 0.573 e. The van der Waals surface area contributed by atoms with Gasteiger partial charge in [-0.2, -0.15) is 0 Å². The van der Waals surface area contributed by atoms with E-state index in [2.05, 4.69) is 15.0 Å². The zero-order chi connectivity index (χ0) is 25.9. The van der Waals surface area contributed by atoms with E-state index in [1.165, 1.54) is 18.2 Å². The molecule has 0 atom stereocenters. The standard InChI is InChI=1S/C28H27F3N2O4/c29-28(30,31)37-20-5-2-4-19(17-20)36-21-6-1-3-18-7-16-32-23(22(18)21)33-27(14-15-27)26-11-8-25(9-12-26,10-13-26)24(34)35/h1-7,16-17H,8-15H2,(H,32,33)(H,34,35). The van der Waals surface area contributed by atoms with Gasteiger partial charge < -0.3 is 19.9 Å². The van der Waals surface area contributed by atoms with Gasteiger partial charge in [0.05, 0.1) is 10.8 Å². The molecule has 4 aliphatic carbocycles. The zero-order valence-electron chi connectivity index (χ0n) is 20.1. The van der Waals surface area contributed by atoms with Crippen molar-refractivity contribution in [3.63, 3.8) is 0 Å². The molecule has 3 aromatic rings. The van der Waals surface area contributed by atoms with E-state index in [4.69, 9.17) is 4.74 Å². The molecule has 2 N–H and O–H groups in total. The summed E-state index contributed by atoms with van der Waals surface area (Å²) in [6, 6.07) is 12.9. The van der Waals surface area contributed by atoms with Crippen molar-refractivity contribution in [1.29, 1.82) is 0 Å². The summed E-state index contributed by atoms with van der Waals surface area (Å²) in [7, 11) is 0. The first-order chi connectivity index (χ1) is 17.6. The van der Waals surface area contributed by atoms with Crippen LogP contribution >= 0.6 is 0 Å². The van der Waals surface area contributed by atoms with Gasteiger partial charge in [-0.1, -0.05) is 18.2 Å². The summed E-state index contributed by atoms with van der Waals surface area (Å²) in [6.45, 7) is 0. The molecule has 2 aromatic carbocycles. The van der Waals surface area contributed by atoms with E-state index >= 15 is 0 Å². The van der Waals surface area contributed by atoms with Crippen LogP contribution in [0.25, 0.3) is 10.8 Å². The summed E-state index contributed by atoms with van der Waals surface area (Å²) in [6.07, 6.45) is 3.69. The number of pyridine rings is 1. The van der Waals surface area contributed by atoms with Crippen LogP contribution in [-0.4, -0.2) is 28.0 Å². The number of aromatic nitrogens is 1. The van der Waals surface area contributed by atoms with Crippen molar-refractivity contribution in [3.8, 4) is 17.2 Å². The van der Waals surface area contributed by atoms with Crippen LogP contribution in [0.5, 0.6) is 17.2 Å². The molecule has 4 saturated carbocycles. The first-order valence-electron chi connectivity index (χ1n) is 12.6. The minimum Gasteiger partial charge on any atom is -0.481 e. The molecule has 0 aliphatic heterocycles. The summed E-state index contributed by atoms with van der Waals surface area (Å²) in [5, 5.41) is 15.2. The Morgan fingerprint density at radius 3 is 2.24 bits per heavy atom. The minimum atomic E-state index is -4.79. The van der Waals surface area contributed by atoms with Gasteiger partial charge in [-0.25, -0.2) is 4.98 Å². The number of carbonyl (C=O) groups is 1. The van der Waals surface area contributed by atoms with Crippen molar-refractivity contribution in [1.82, 2.24) is 4.98 Å². The van der Waals surface area contributed by atoms with Crippen molar-refractivity contribution in [2.75, 3.05) is 5.32 Å². The lowest BCUT2D eigenvalue weighted by Gasteiger charge is -2.55. The number of halogens is 3. The molecule has 2 bridgehead atoms. The second kappa shape index (κ2) is 8.26. The van der Waals surface area contributed by atoms with Gasteiger partial charge in [0.2, 0.25) is 0 Å². The van der Waals surface area contributed by atoms with Gasteiger partial charge in [0, 0.05) is 17.8 Å². The zero-order valence-corrected chi connectivity index (χ0v) is 20.1. The van der Waals surface area contributed by atoms with Gasteiger partial charge in [0.25, 0.3) is 0 Å². The topological polar surface area (TPSA) is 80.7 Å². The van der Waals surface area contributed by atoms with Crippen molar-refractivity contribution in [2.45, 2.75) is 63.3 Å². The van der Waals surface area contributed by atoms with E-state index in [0.717, 1.165) is 42.9 Å². The lowest BCUT2D eigenvalue weighted by Crippen LogP contribution is -2.54. The largest absolute Gasteiger partial charge is 0.573 e. The highest BCUT2D eigenvalue weighted by molar-refractivity contribution is 5.97. The molecule has 0 radical (unpaired) electrons. The minimum absolute atomic E-state index is 0.0348. The third-order valence-corrected chi connectivity index (χ3v) is 8.84. The molecule has 0 spiro atoms. The second-order valence-corrected chi connectivity index (χ2v) is 10.7. The summed E-state index contributed by atoms with van der Waals surface area (Å²) in [5.41, 5.74) is -0.680. The number of hydrogen-bond donors (Lipinski definition) is 2. The van der Waals surface area contributed by atoms with Crippen LogP contribution in [0, 0.1) is 10.8 Å². The quantitative estimate of drug-likeness (QED) is 0.346. The number of fused-ring (bicyclic) bond motifs is 4. The van der Waals surface area contributed by atoms with Crippen LogP contribution in [0.4, 0.5) is 19.0 Å². The first-order valence-corrected chi connectivity index (χ1v) is 12.6. The molecule has 7 rings (SSSR count). The molecule has 4 aliphatic rings. The SMILES string of the molecule is O=C(O)C12CCC(C3(Nc4nccc5cccc(Oc6cccc(OC(F)(F)F)c6)c45)CC3)(CC1)CC2. The Morgan fingerprint density at radius 1 is 0.919 bits per heavy atom. The number of ether oxygens (including phenoxy) is 2. The third-order valence-electron chi connectivity index (χ3n) is 8.84. The number of aliphatic carboxylic acids is 1. The molecule has 1 aromatic heterocycles. The van der Waals surface area contributed by atoms with Crippen LogP contribution in [0.1, 0.15) is 51.4 Å². The fourth-order valence-electron chi connectivity index (χ4n) is 6.60. The molecule has 9 heteroatoms. The van der Waals surface area contributed by atoms with Gasteiger partial charge in [-0.15, -0.1) is 13.2 Å². The van der Waals surface area contributed by atoms with E-state index in [1.807, 2.05) is 18.2 Å². The maximum absolute atomic E-state index is 12.7. The third kappa shape index (κ3) is 4.14.